The van der Waals surface area contributed by atoms with Crippen LogP contribution in [0.15, 0.2) is 18.2 Å². The van der Waals surface area contributed by atoms with E-state index in [2.05, 4.69) is 4.98 Å². The molecule has 2 rings (SSSR count). The highest BCUT2D eigenvalue weighted by molar-refractivity contribution is 5.98. The Kier molecular flexibility index (Phi) is 2.66. The zero-order chi connectivity index (χ0) is 11.7. The number of nitrogens with one attached hydrogen (secondary N) is 1. The first-order valence-corrected chi connectivity index (χ1v) is 5.07. The highest BCUT2D eigenvalue weighted by atomic mass is 16.5. The topological polar surface area (TPSA) is 68.1 Å². The van der Waals surface area contributed by atoms with Crippen molar-refractivity contribution in [2.24, 2.45) is 5.73 Å². The summed E-state index contributed by atoms with van der Waals surface area (Å²) < 4.78 is 4.71. The minimum Gasteiger partial charge on any atom is -0.464 e. The van der Waals surface area contributed by atoms with Crippen LogP contribution < -0.4 is 5.73 Å². The second-order valence-electron chi connectivity index (χ2n) is 3.70. The lowest BCUT2D eigenvalue weighted by atomic mass is 10.1. The number of methoxy groups -OCH3 is 1. The molecule has 2 aromatic rings. The van der Waals surface area contributed by atoms with Crippen LogP contribution in [0.2, 0.25) is 0 Å². The van der Waals surface area contributed by atoms with Crippen molar-refractivity contribution >= 4 is 16.9 Å². The zero-order valence-corrected chi connectivity index (χ0v) is 9.33. The van der Waals surface area contributed by atoms with E-state index in [1.807, 2.05) is 25.1 Å². The van der Waals surface area contributed by atoms with Gasteiger partial charge < -0.3 is 15.5 Å². The summed E-state index contributed by atoms with van der Waals surface area (Å²) in [6.45, 7) is 2.39. The van der Waals surface area contributed by atoms with Crippen LogP contribution in [0.3, 0.4) is 0 Å². The fraction of sp³-hybridized carbons (Fsp3) is 0.250. The number of esters is 1. The first kappa shape index (κ1) is 10.7. The molecule has 0 atom stereocenters. The summed E-state index contributed by atoms with van der Waals surface area (Å²) >= 11 is 0. The zero-order valence-electron chi connectivity index (χ0n) is 9.33. The van der Waals surface area contributed by atoms with Gasteiger partial charge in [-0.3, -0.25) is 0 Å². The Bertz CT molecular complexity index is 543. The molecule has 0 amide bonds. The van der Waals surface area contributed by atoms with Crippen molar-refractivity contribution < 1.29 is 9.53 Å². The van der Waals surface area contributed by atoms with Crippen LogP contribution in [-0.4, -0.2) is 18.1 Å². The van der Waals surface area contributed by atoms with Crippen molar-refractivity contribution in [3.8, 4) is 0 Å². The average Bonchev–Trinajstić information content (AvgIpc) is 2.65. The van der Waals surface area contributed by atoms with Crippen molar-refractivity contribution in [3.05, 3.63) is 35.0 Å². The number of H-pyrrole nitrogens is 1. The number of carbonyl (C=O) groups excluding carboxylic acids is 1. The highest BCUT2D eigenvalue weighted by Gasteiger charge is 2.14. The Morgan fingerprint density at radius 1 is 1.50 bits per heavy atom. The van der Waals surface area contributed by atoms with E-state index in [4.69, 9.17) is 10.5 Å². The fourth-order valence-corrected chi connectivity index (χ4v) is 1.81. The van der Waals surface area contributed by atoms with Gasteiger partial charge in [-0.15, -0.1) is 0 Å². The quantitative estimate of drug-likeness (QED) is 0.754. The fourth-order valence-electron chi connectivity index (χ4n) is 1.81. The minimum absolute atomic E-state index is 0.344. The number of nitrogens with two attached hydrogens (primary N) is 1. The van der Waals surface area contributed by atoms with E-state index < -0.39 is 0 Å². The maximum Gasteiger partial charge on any atom is 0.354 e. The summed E-state index contributed by atoms with van der Waals surface area (Å²) in [5, 5.41) is 1.02. The van der Waals surface area contributed by atoms with Gasteiger partial charge in [-0.2, -0.15) is 0 Å². The number of hydrogen-bond acceptors (Lipinski definition) is 3. The van der Waals surface area contributed by atoms with Gasteiger partial charge in [0.25, 0.3) is 0 Å². The summed E-state index contributed by atoms with van der Waals surface area (Å²) in [7, 11) is 1.37. The van der Waals surface area contributed by atoms with Crippen molar-refractivity contribution in [2.45, 2.75) is 13.5 Å². The Hall–Kier alpha value is -1.81. The molecule has 0 aliphatic heterocycles. The van der Waals surface area contributed by atoms with Gasteiger partial charge in [0.15, 0.2) is 0 Å². The predicted molar refractivity (Wildman–Crippen MR) is 62.3 cm³/mol. The van der Waals surface area contributed by atoms with Gasteiger partial charge in [0.1, 0.15) is 5.69 Å². The molecule has 16 heavy (non-hydrogen) atoms. The third-order valence-electron chi connectivity index (χ3n) is 2.75. The Labute approximate surface area is 93.4 Å². The first-order chi connectivity index (χ1) is 7.67. The SMILES string of the molecule is COC(=O)c1[nH]c2ccc(CN)cc2c1C. The first-order valence-electron chi connectivity index (χ1n) is 5.07. The Morgan fingerprint density at radius 3 is 2.88 bits per heavy atom. The van der Waals surface area contributed by atoms with Crippen molar-refractivity contribution in [3.63, 3.8) is 0 Å². The Balaban J connectivity index is 2.64. The number of rotatable bonds is 2. The summed E-state index contributed by atoms with van der Waals surface area (Å²) in [4.78, 5) is 14.5. The molecule has 0 bridgehead atoms. The lowest BCUT2D eigenvalue weighted by Gasteiger charge is -1.97. The van der Waals surface area contributed by atoms with Crippen molar-refractivity contribution in [1.82, 2.24) is 4.98 Å². The number of aryl methyl sites for hydroxylation is 1. The normalized spacial score (nSPS) is 10.7. The number of fused-ring (bicyclic) bond motifs is 1. The summed E-state index contributed by atoms with van der Waals surface area (Å²) in [5.74, 6) is -0.344. The molecule has 0 saturated heterocycles. The van der Waals surface area contributed by atoms with E-state index in [9.17, 15) is 4.79 Å². The second-order valence-corrected chi connectivity index (χ2v) is 3.70. The van der Waals surface area contributed by atoms with E-state index >= 15 is 0 Å². The number of aromatic amines is 1. The van der Waals surface area contributed by atoms with Crippen molar-refractivity contribution in [1.29, 1.82) is 0 Å². The van der Waals surface area contributed by atoms with Crippen LogP contribution in [0.1, 0.15) is 21.6 Å². The average molecular weight is 218 g/mol. The molecule has 0 aliphatic rings. The number of aromatic nitrogens is 1. The number of carbonyl (C=O) groups is 1. The molecule has 4 heteroatoms. The number of hydrogen-bond donors (Lipinski definition) is 2. The Morgan fingerprint density at radius 2 is 2.25 bits per heavy atom. The van der Waals surface area contributed by atoms with E-state index in [0.29, 0.717) is 12.2 Å². The minimum atomic E-state index is -0.344. The summed E-state index contributed by atoms with van der Waals surface area (Å²) in [6, 6.07) is 5.86. The van der Waals surface area contributed by atoms with Gasteiger partial charge in [-0.1, -0.05) is 6.07 Å². The van der Waals surface area contributed by atoms with E-state index in [1.54, 1.807) is 0 Å². The molecular weight excluding hydrogens is 204 g/mol. The van der Waals surface area contributed by atoms with Crippen LogP contribution in [-0.2, 0) is 11.3 Å². The number of ether oxygens (including phenoxy) is 1. The summed E-state index contributed by atoms with van der Waals surface area (Å²) in [5.41, 5.74) is 8.96. The third-order valence-corrected chi connectivity index (χ3v) is 2.75. The van der Waals surface area contributed by atoms with Crippen molar-refractivity contribution in [2.75, 3.05) is 7.11 Å². The second kappa shape index (κ2) is 3.98. The van der Waals surface area contributed by atoms with Gasteiger partial charge in [0, 0.05) is 17.4 Å². The molecule has 0 saturated carbocycles. The predicted octanol–water partition coefficient (Wildman–Crippen LogP) is 1.72. The van der Waals surface area contributed by atoms with E-state index in [-0.39, 0.29) is 5.97 Å². The molecule has 1 aromatic heterocycles. The molecule has 84 valence electrons. The van der Waals surface area contributed by atoms with E-state index in [0.717, 1.165) is 22.0 Å². The van der Waals surface area contributed by atoms with Gasteiger partial charge in [-0.25, -0.2) is 4.79 Å². The maximum absolute atomic E-state index is 11.5. The van der Waals surface area contributed by atoms with Crippen LogP contribution in [0.4, 0.5) is 0 Å². The summed E-state index contributed by atoms with van der Waals surface area (Å²) in [6.07, 6.45) is 0. The molecular formula is C12H14N2O2. The van der Waals surface area contributed by atoms with Crippen LogP contribution in [0, 0.1) is 6.92 Å². The molecule has 4 nitrogen and oxygen atoms in total. The molecule has 1 aromatic carbocycles. The maximum atomic E-state index is 11.5. The lowest BCUT2D eigenvalue weighted by molar-refractivity contribution is 0.0594. The standard InChI is InChI=1S/C12H14N2O2/c1-7-9-5-8(6-13)3-4-10(9)14-11(7)12(15)16-2/h3-5,14H,6,13H2,1-2H3. The third kappa shape index (κ3) is 1.57. The van der Waals surface area contributed by atoms with Gasteiger partial charge >= 0.3 is 5.97 Å². The largest absolute Gasteiger partial charge is 0.464 e. The van der Waals surface area contributed by atoms with Crippen LogP contribution in [0.25, 0.3) is 10.9 Å². The van der Waals surface area contributed by atoms with Gasteiger partial charge in [-0.05, 0) is 30.2 Å². The van der Waals surface area contributed by atoms with Gasteiger partial charge in [0.05, 0.1) is 7.11 Å². The molecule has 0 aliphatic carbocycles. The molecule has 0 unspecified atom stereocenters. The lowest BCUT2D eigenvalue weighted by Crippen LogP contribution is -2.02. The molecule has 3 N–H and O–H groups in total. The molecule has 0 spiro atoms. The van der Waals surface area contributed by atoms with Gasteiger partial charge in [0.2, 0.25) is 0 Å². The monoisotopic (exact) mass is 218 g/mol. The molecule has 1 heterocycles. The number of benzene rings is 1. The smallest absolute Gasteiger partial charge is 0.354 e. The molecule has 0 radical (unpaired) electrons. The molecule has 0 fully saturated rings. The van der Waals surface area contributed by atoms with Crippen LogP contribution in [0.5, 0.6) is 0 Å². The van der Waals surface area contributed by atoms with Crippen LogP contribution >= 0.6 is 0 Å². The highest BCUT2D eigenvalue weighted by Crippen LogP contribution is 2.23. The van der Waals surface area contributed by atoms with E-state index in [1.165, 1.54) is 7.11 Å².